The quantitative estimate of drug-likeness (QED) is 0.176. The SMILES string of the molecule is COC(=O)CCCCCCCn1c(-c2ccccc2)nc(-c2ccccc2)c1-c1ccccc1. The smallest absolute Gasteiger partial charge is 0.305 e. The molecule has 0 aliphatic heterocycles. The molecule has 0 bridgehead atoms. The van der Waals surface area contributed by atoms with Crippen LogP contribution in [0.3, 0.4) is 0 Å². The minimum atomic E-state index is -0.119. The van der Waals surface area contributed by atoms with Crippen LogP contribution in [0.4, 0.5) is 0 Å². The Kier molecular flexibility index (Phi) is 8.28. The second-order valence-corrected chi connectivity index (χ2v) is 8.48. The van der Waals surface area contributed by atoms with Crippen molar-refractivity contribution in [1.29, 1.82) is 0 Å². The maximum atomic E-state index is 11.3. The maximum Gasteiger partial charge on any atom is 0.305 e. The molecule has 0 spiro atoms. The molecule has 0 amide bonds. The lowest BCUT2D eigenvalue weighted by atomic mass is 10.0. The van der Waals surface area contributed by atoms with Crippen molar-refractivity contribution in [2.75, 3.05) is 7.11 Å². The Balaban J connectivity index is 1.63. The Hall–Kier alpha value is -3.66. The average molecular weight is 453 g/mol. The Morgan fingerprint density at radius 2 is 1.24 bits per heavy atom. The summed E-state index contributed by atoms with van der Waals surface area (Å²) in [6.45, 7) is 0.894. The van der Waals surface area contributed by atoms with Gasteiger partial charge in [-0.1, -0.05) is 110 Å². The van der Waals surface area contributed by atoms with E-state index >= 15 is 0 Å². The van der Waals surface area contributed by atoms with Crippen molar-refractivity contribution in [3.05, 3.63) is 91.0 Å². The Morgan fingerprint density at radius 1 is 0.706 bits per heavy atom. The summed E-state index contributed by atoms with van der Waals surface area (Å²) in [5.74, 6) is 0.885. The lowest BCUT2D eigenvalue weighted by molar-refractivity contribution is -0.140. The normalized spacial score (nSPS) is 10.9. The van der Waals surface area contributed by atoms with Crippen LogP contribution in [0.1, 0.15) is 38.5 Å². The minimum absolute atomic E-state index is 0.119. The van der Waals surface area contributed by atoms with Gasteiger partial charge >= 0.3 is 5.97 Å². The summed E-state index contributed by atoms with van der Waals surface area (Å²) in [5, 5.41) is 0. The van der Waals surface area contributed by atoms with Crippen LogP contribution in [0.15, 0.2) is 91.0 Å². The van der Waals surface area contributed by atoms with Crippen molar-refractivity contribution in [3.63, 3.8) is 0 Å². The third-order valence-electron chi connectivity index (χ3n) is 6.08. The van der Waals surface area contributed by atoms with Gasteiger partial charge in [0, 0.05) is 29.7 Å². The van der Waals surface area contributed by atoms with Gasteiger partial charge in [0.05, 0.1) is 18.5 Å². The van der Waals surface area contributed by atoms with Gasteiger partial charge in [0.2, 0.25) is 0 Å². The van der Waals surface area contributed by atoms with Crippen LogP contribution in [0.2, 0.25) is 0 Å². The molecule has 34 heavy (non-hydrogen) atoms. The molecule has 0 saturated carbocycles. The van der Waals surface area contributed by atoms with Crippen molar-refractivity contribution >= 4 is 5.97 Å². The van der Waals surface area contributed by atoms with Crippen molar-refractivity contribution in [1.82, 2.24) is 9.55 Å². The van der Waals surface area contributed by atoms with Crippen molar-refractivity contribution in [2.45, 2.75) is 45.1 Å². The highest BCUT2D eigenvalue weighted by Crippen LogP contribution is 2.36. The van der Waals surface area contributed by atoms with E-state index in [1.165, 1.54) is 12.7 Å². The van der Waals surface area contributed by atoms with Crippen LogP contribution in [-0.2, 0) is 16.1 Å². The number of ether oxygens (including phenoxy) is 1. The molecule has 174 valence electrons. The predicted molar refractivity (Wildman–Crippen MR) is 138 cm³/mol. The van der Waals surface area contributed by atoms with Crippen LogP contribution in [0, 0.1) is 0 Å². The summed E-state index contributed by atoms with van der Waals surface area (Å²) in [6.07, 6.45) is 5.73. The van der Waals surface area contributed by atoms with Gasteiger partial charge in [0.15, 0.2) is 0 Å². The fraction of sp³-hybridized carbons (Fsp3) is 0.267. The maximum absolute atomic E-state index is 11.3. The Morgan fingerprint density at radius 3 is 1.85 bits per heavy atom. The summed E-state index contributed by atoms with van der Waals surface area (Å²) in [5.41, 5.74) is 5.61. The van der Waals surface area contributed by atoms with Gasteiger partial charge in [0.25, 0.3) is 0 Å². The zero-order valence-electron chi connectivity index (χ0n) is 19.8. The highest BCUT2D eigenvalue weighted by Gasteiger charge is 2.20. The zero-order chi connectivity index (χ0) is 23.6. The van der Waals surface area contributed by atoms with E-state index in [1.807, 2.05) is 12.1 Å². The molecule has 4 aromatic rings. The summed E-state index contributed by atoms with van der Waals surface area (Å²) >= 11 is 0. The fourth-order valence-corrected chi connectivity index (χ4v) is 4.34. The van der Waals surface area contributed by atoms with Gasteiger partial charge in [-0.3, -0.25) is 4.79 Å². The van der Waals surface area contributed by atoms with E-state index in [1.54, 1.807) is 0 Å². The third-order valence-corrected chi connectivity index (χ3v) is 6.08. The van der Waals surface area contributed by atoms with Crippen molar-refractivity contribution in [2.24, 2.45) is 0 Å². The van der Waals surface area contributed by atoms with E-state index in [0.717, 1.165) is 67.0 Å². The first-order valence-electron chi connectivity index (χ1n) is 12.1. The van der Waals surface area contributed by atoms with Crippen LogP contribution in [0.5, 0.6) is 0 Å². The molecule has 4 rings (SSSR count). The fourth-order valence-electron chi connectivity index (χ4n) is 4.34. The highest BCUT2D eigenvalue weighted by atomic mass is 16.5. The molecule has 3 aromatic carbocycles. The number of hydrogen-bond acceptors (Lipinski definition) is 3. The average Bonchev–Trinajstić information content (AvgIpc) is 3.29. The molecule has 0 fully saturated rings. The molecule has 4 heteroatoms. The van der Waals surface area contributed by atoms with Gasteiger partial charge in [-0.15, -0.1) is 0 Å². The topological polar surface area (TPSA) is 44.1 Å². The van der Waals surface area contributed by atoms with Gasteiger partial charge in [-0.25, -0.2) is 4.98 Å². The van der Waals surface area contributed by atoms with E-state index in [2.05, 4.69) is 83.4 Å². The van der Waals surface area contributed by atoms with Gasteiger partial charge < -0.3 is 9.30 Å². The number of hydrogen-bond donors (Lipinski definition) is 0. The van der Waals surface area contributed by atoms with Gasteiger partial charge in [-0.05, 0) is 12.8 Å². The number of benzene rings is 3. The molecule has 0 unspecified atom stereocenters. The summed E-state index contributed by atoms with van der Waals surface area (Å²) in [4.78, 5) is 16.5. The highest BCUT2D eigenvalue weighted by molar-refractivity contribution is 5.82. The lowest BCUT2D eigenvalue weighted by Gasteiger charge is -2.13. The monoisotopic (exact) mass is 452 g/mol. The number of carbonyl (C=O) groups excluding carboxylic acids is 1. The Labute approximate surface area is 202 Å². The first kappa shape index (κ1) is 23.5. The number of esters is 1. The molecular formula is C30H32N2O2. The van der Waals surface area contributed by atoms with Gasteiger partial charge in [-0.2, -0.15) is 0 Å². The zero-order valence-corrected chi connectivity index (χ0v) is 19.8. The third kappa shape index (κ3) is 5.82. The first-order valence-corrected chi connectivity index (χ1v) is 12.1. The van der Waals surface area contributed by atoms with E-state index in [-0.39, 0.29) is 5.97 Å². The molecule has 4 nitrogen and oxygen atoms in total. The largest absolute Gasteiger partial charge is 0.469 e. The summed E-state index contributed by atoms with van der Waals surface area (Å²) < 4.78 is 7.13. The number of unbranched alkanes of at least 4 members (excludes halogenated alkanes) is 4. The second-order valence-electron chi connectivity index (χ2n) is 8.48. The second kappa shape index (κ2) is 12.0. The van der Waals surface area contributed by atoms with Crippen molar-refractivity contribution in [3.8, 4) is 33.9 Å². The number of nitrogens with zero attached hydrogens (tertiary/aromatic N) is 2. The van der Waals surface area contributed by atoms with E-state index < -0.39 is 0 Å². The molecule has 0 aliphatic rings. The number of rotatable bonds is 11. The molecule has 1 aromatic heterocycles. The number of methoxy groups -OCH3 is 1. The number of aromatic nitrogens is 2. The predicted octanol–water partition coefficient (Wildman–Crippen LogP) is 7.40. The first-order chi connectivity index (χ1) is 16.8. The molecule has 0 atom stereocenters. The number of imidazole rings is 1. The molecule has 1 heterocycles. The van der Waals surface area contributed by atoms with Crippen LogP contribution >= 0.6 is 0 Å². The van der Waals surface area contributed by atoms with Crippen molar-refractivity contribution < 1.29 is 9.53 Å². The van der Waals surface area contributed by atoms with E-state index in [0.29, 0.717) is 6.42 Å². The van der Waals surface area contributed by atoms with E-state index in [4.69, 9.17) is 9.72 Å². The molecule has 0 aliphatic carbocycles. The standard InChI is InChI=1S/C30H32N2O2/c1-34-27(33)22-14-3-2-4-15-23-32-29(25-18-10-6-11-19-25)28(24-16-8-5-9-17-24)31-30(32)26-20-12-7-13-21-26/h5-13,16-21H,2-4,14-15,22-23H2,1H3. The molecular weight excluding hydrogens is 420 g/mol. The minimum Gasteiger partial charge on any atom is -0.469 e. The van der Waals surface area contributed by atoms with Crippen LogP contribution in [0.25, 0.3) is 33.9 Å². The molecule has 0 N–H and O–H groups in total. The van der Waals surface area contributed by atoms with E-state index in [9.17, 15) is 4.79 Å². The number of carbonyl (C=O) groups is 1. The Bertz CT molecular complexity index is 1170. The lowest BCUT2D eigenvalue weighted by Crippen LogP contribution is -2.04. The molecule has 0 radical (unpaired) electrons. The van der Waals surface area contributed by atoms with Crippen LogP contribution < -0.4 is 0 Å². The summed E-state index contributed by atoms with van der Waals surface area (Å²) in [6, 6.07) is 31.5. The summed E-state index contributed by atoms with van der Waals surface area (Å²) in [7, 11) is 1.45. The van der Waals surface area contributed by atoms with Crippen LogP contribution in [-0.4, -0.2) is 22.6 Å². The van der Waals surface area contributed by atoms with Gasteiger partial charge in [0.1, 0.15) is 5.82 Å². The molecule has 0 saturated heterocycles.